The van der Waals surface area contributed by atoms with Crippen LogP contribution in [0.4, 0.5) is 0 Å². The molecule has 2 rings (SSSR count). The Morgan fingerprint density at radius 3 is 2.58 bits per heavy atom. The highest BCUT2D eigenvalue weighted by molar-refractivity contribution is 5.83. The summed E-state index contributed by atoms with van der Waals surface area (Å²) in [6, 6.07) is 8.92. The van der Waals surface area contributed by atoms with E-state index >= 15 is 0 Å². The molecule has 0 aliphatic carbocycles. The summed E-state index contributed by atoms with van der Waals surface area (Å²) in [5.41, 5.74) is 2.78. The molecule has 0 radical (unpaired) electrons. The Labute approximate surface area is 116 Å². The number of aromatic nitrogens is 1. The molecule has 1 aromatic heterocycles. The van der Waals surface area contributed by atoms with E-state index in [4.69, 9.17) is 0 Å². The Morgan fingerprint density at radius 2 is 1.89 bits per heavy atom. The average molecular weight is 258 g/mol. The van der Waals surface area contributed by atoms with Gasteiger partial charge < -0.3 is 9.88 Å². The molecule has 0 fully saturated rings. The van der Waals surface area contributed by atoms with Gasteiger partial charge in [-0.15, -0.1) is 0 Å². The third kappa shape index (κ3) is 3.19. The summed E-state index contributed by atoms with van der Waals surface area (Å²) in [7, 11) is 0. The van der Waals surface area contributed by atoms with Crippen molar-refractivity contribution in [3.8, 4) is 0 Å². The summed E-state index contributed by atoms with van der Waals surface area (Å²) < 4.78 is 2.42. The zero-order valence-corrected chi connectivity index (χ0v) is 12.4. The highest BCUT2D eigenvalue weighted by Gasteiger charge is 2.09. The van der Waals surface area contributed by atoms with Gasteiger partial charge in [0.15, 0.2) is 0 Å². The van der Waals surface area contributed by atoms with E-state index in [-0.39, 0.29) is 0 Å². The molecule has 1 N–H and O–H groups in total. The zero-order chi connectivity index (χ0) is 13.7. The molecule has 1 heterocycles. The van der Waals surface area contributed by atoms with Crippen molar-refractivity contribution in [2.45, 2.75) is 46.7 Å². The maximum atomic E-state index is 3.42. The smallest absolute Gasteiger partial charge is 0.0483 e. The molecule has 0 spiro atoms. The van der Waals surface area contributed by atoms with E-state index in [1.165, 1.54) is 29.3 Å². The Balaban J connectivity index is 2.27. The summed E-state index contributed by atoms with van der Waals surface area (Å²) in [6.07, 6.45) is 4.76. The van der Waals surface area contributed by atoms with Gasteiger partial charge in [-0.1, -0.05) is 45.7 Å². The number of benzene rings is 1. The fourth-order valence-electron chi connectivity index (χ4n) is 2.69. The van der Waals surface area contributed by atoms with Gasteiger partial charge >= 0.3 is 0 Å². The number of hydrogen-bond acceptors (Lipinski definition) is 1. The minimum atomic E-state index is 0.785. The van der Waals surface area contributed by atoms with Crippen LogP contribution in [0.5, 0.6) is 0 Å². The van der Waals surface area contributed by atoms with Gasteiger partial charge in [0, 0.05) is 30.2 Å². The third-order valence-corrected chi connectivity index (χ3v) is 4.08. The van der Waals surface area contributed by atoms with Gasteiger partial charge in [-0.25, -0.2) is 0 Å². The quantitative estimate of drug-likeness (QED) is 0.788. The Kier molecular flexibility index (Phi) is 5.03. The van der Waals surface area contributed by atoms with E-state index in [2.05, 4.69) is 61.1 Å². The van der Waals surface area contributed by atoms with E-state index in [0.29, 0.717) is 0 Å². The van der Waals surface area contributed by atoms with Gasteiger partial charge in [0.25, 0.3) is 0 Å². The van der Waals surface area contributed by atoms with Crippen molar-refractivity contribution >= 4 is 10.9 Å². The molecule has 0 saturated carbocycles. The van der Waals surface area contributed by atoms with Crippen molar-refractivity contribution < 1.29 is 0 Å². The zero-order valence-electron chi connectivity index (χ0n) is 12.4. The van der Waals surface area contributed by atoms with Crippen molar-refractivity contribution in [2.24, 2.45) is 5.92 Å². The second-order valence-electron chi connectivity index (χ2n) is 5.28. The molecule has 2 heteroatoms. The normalized spacial score (nSPS) is 11.6. The first-order valence-corrected chi connectivity index (χ1v) is 7.57. The molecule has 1 aromatic carbocycles. The van der Waals surface area contributed by atoms with E-state index in [0.717, 1.165) is 25.6 Å². The van der Waals surface area contributed by atoms with E-state index in [1.807, 2.05) is 0 Å². The lowest BCUT2D eigenvalue weighted by atomic mass is 10.0. The van der Waals surface area contributed by atoms with Crippen LogP contribution >= 0.6 is 0 Å². The van der Waals surface area contributed by atoms with Crippen LogP contribution in [0.25, 0.3) is 10.9 Å². The number of nitrogens with one attached hydrogen (secondary N) is 1. The average Bonchev–Trinajstić information content (AvgIpc) is 2.86. The van der Waals surface area contributed by atoms with E-state index < -0.39 is 0 Å². The number of fused-ring (bicyclic) bond motifs is 1. The van der Waals surface area contributed by atoms with Crippen LogP contribution in [0, 0.1) is 5.92 Å². The van der Waals surface area contributed by atoms with Gasteiger partial charge in [-0.05, 0) is 30.2 Å². The van der Waals surface area contributed by atoms with Crippen molar-refractivity contribution in [3.63, 3.8) is 0 Å². The molecule has 0 atom stereocenters. The molecule has 0 unspecified atom stereocenters. The van der Waals surface area contributed by atoms with Gasteiger partial charge in [0.1, 0.15) is 0 Å². The molecular weight excluding hydrogens is 232 g/mol. The molecule has 104 valence electrons. The summed E-state index contributed by atoms with van der Waals surface area (Å²) >= 11 is 0. The second-order valence-corrected chi connectivity index (χ2v) is 5.28. The van der Waals surface area contributed by atoms with E-state index in [1.54, 1.807) is 0 Å². The van der Waals surface area contributed by atoms with Gasteiger partial charge in [0.2, 0.25) is 0 Å². The lowest BCUT2D eigenvalue weighted by molar-refractivity contribution is 0.425. The maximum absolute atomic E-state index is 3.42. The third-order valence-electron chi connectivity index (χ3n) is 4.08. The van der Waals surface area contributed by atoms with Crippen molar-refractivity contribution in [3.05, 3.63) is 36.0 Å². The van der Waals surface area contributed by atoms with Gasteiger partial charge in [-0.2, -0.15) is 0 Å². The molecular formula is C17H26N2. The number of nitrogens with zero attached hydrogens (tertiary/aromatic N) is 1. The molecule has 0 bridgehead atoms. The van der Waals surface area contributed by atoms with Gasteiger partial charge in [-0.3, -0.25) is 0 Å². The highest BCUT2D eigenvalue weighted by atomic mass is 15.0. The second kappa shape index (κ2) is 6.76. The van der Waals surface area contributed by atoms with Crippen LogP contribution in [0.15, 0.2) is 30.5 Å². The highest BCUT2D eigenvalue weighted by Crippen LogP contribution is 2.22. The van der Waals surface area contributed by atoms with Crippen LogP contribution in [0.2, 0.25) is 0 Å². The largest absolute Gasteiger partial charge is 0.347 e. The maximum Gasteiger partial charge on any atom is 0.0483 e. The lowest BCUT2D eigenvalue weighted by Crippen LogP contribution is -2.12. The predicted octanol–water partition coefficient (Wildman–Crippen LogP) is 4.19. The minimum absolute atomic E-state index is 0.785. The topological polar surface area (TPSA) is 17.0 Å². The first-order chi connectivity index (χ1) is 9.30. The Morgan fingerprint density at radius 1 is 1.11 bits per heavy atom. The molecule has 19 heavy (non-hydrogen) atoms. The first-order valence-electron chi connectivity index (χ1n) is 7.57. The van der Waals surface area contributed by atoms with E-state index in [9.17, 15) is 0 Å². The molecule has 0 aliphatic rings. The molecule has 2 aromatic rings. The minimum Gasteiger partial charge on any atom is -0.347 e. The Hall–Kier alpha value is -1.28. The predicted molar refractivity (Wildman–Crippen MR) is 83.4 cm³/mol. The van der Waals surface area contributed by atoms with Gasteiger partial charge in [0.05, 0.1) is 0 Å². The van der Waals surface area contributed by atoms with Crippen LogP contribution in [-0.4, -0.2) is 11.1 Å². The summed E-state index contributed by atoms with van der Waals surface area (Å²) in [6.45, 7) is 9.85. The molecule has 0 aliphatic heterocycles. The number of hydrogen-bond donors (Lipinski definition) is 1. The monoisotopic (exact) mass is 258 g/mol. The summed E-state index contributed by atoms with van der Waals surface area (Å²) in [4.78, 5) is 0. The van der Waals surface area contributed by atoms with Crippen molar-refractivity contribution in [1.82, 2.24) is 9.88 Å². The first kappa shape index (κ1) is 14.1. The fourth-order valence-corrected chi connectivity index (χ4v) is 2.69. The van der Waals surface area contributed by atoms with Crippen molar-refractivity contribution in [1.29, 1.82) is 0 Å². The Bertz CT molecular complexity index is 509. The SMILES string of the molecule is CCNCc1cccc2c1ccn2CC(CC)CC. The number of rotatable bonds is 7. The van der Waals surface area contributed by atoms with Crippen molar-refractivity contribution in [2.75, 3.05) is 6.54 Å². The fraction of sp³-hybridized carbons (Fsp3) is 0.529. The molecule has 2 nitrogen and oxygen atoms in total. The van der Waals surface area contributed by atoms with Crippen LogP contribution < -0.4 is 5.32 Å². The van der Waals surface area contributed by atoms with Crippen LogP contribution in [-0.2, 0) is 13.1 Å². The molecule has 0 amide bonds. The summed E-state index contributed by atoms with van der Waals surface area (Å²) in [5, 5.41) is 4.82. The summed E-state index contributed by atoms with van der Waals surface area (Å²) in [5.74, 6) is 0.785. The van der Waals surface area contributed by atoms with Crippen LogP contribution in [0.1, 0.15) is 39.2 Å². The lowest BCUT2D eigenvalue weighted by Gasteiger charge is -2.14. The molecule has 0 saturated heterocycles. The standard InChI is InChI=1S/C17H26N2/c1-4-14(5-2)13-19-11-10-16-15(12-18-6-3)8-7-9-17(16)19/h7-11,14,18H,4-6,12-13H2,1-3H3. The van der Waals surface area contributed by atoms with Crippen LogP contribution in [0.3, 0.4) is 0 Å².